The second-order valence-corrected chi connectivity index (χ2v) is 3.02. The van der Waals surface area contributed by atoms with Crippen molar-refractivity contribution in [2.75, 3.05) is 19.6 Å². The number of nitrogens with one attached hydrogen (secondary N) is 2. The van der Waals surface area contributed by atoms with Crippen LogP contribution in [0, 0.1) is 0 Å². The molecular formula is C8H18N2. The van der Waals surface area contributed by atoms with Crippen LogP contribution in [0.25, 0.3) is 0 Å². The van der Waals surface area contributed by atoms with Gasteiger partial charge in [0.25, 0.3) is 0 Å². The third kappa shape index (κ3) is 2.67. The van der Waals surface area contributed by atoms with Crippen molar-refractivity contribution in [2.24, 2.45) is 0 Å². The van der Waals surface area contributed by atoms with Gasteiger partial charge >= 0.3 is 0 Å². The van der Waals surface area contributed by atoms with E-state index in [0.717, 1.165) is 6.04 Å². The first-order chi connectivity index (χ1) is 4.93. The lowest BCUT2D eigenvalue weighted by molar-refractivity contribution is 0.364. The maximum atomic E-state index is 3.49. The lowest BCUT2D eigenvalue weighted by Gasteiger charge is -2.28. The molecule has 0 spiro atoms. The smallest absolute Gasteiger partial charge is 0.0317 e. The molecule has 0 unspecified atom stereocenters. The molecule has 1 fully saturated rings. The highest BCUT2D eigenvalue weighted by molar-refractivity contribution is 4.80. The number of rotatable bonds is 5. The van der Waals surface area contributed by atoms with Crippen molar-refractivity contribution in [3.05, 3.63) is 0 Å². The van der Waals surface area contributed by atoms with Crippen LogP contribution in [0.2, 0.25) is 0 Å². The van der Waals surface area contributed by atoms with Gasteiger partial charge in [0.05, 0.1) is 0 Å². The van der Waals surface area contributed by atoms with Crippen LogP contribution in [-0.4, -0.2) is 25.7 Å². The van der Waals surface area contributed by atoms with Crippen LogP contribution < -0.4 is 10.6 Å². The Morgan fingerprint density at radius 3 is 2.70 bits per heavy atom. The summed E-state index contributed by atoms with van der Waals surface area (Å²) in [5.74, 6) is 0. The highest BCUT2D eigenvalue weighted by Crippen LogP contribution is 1.94. The van der Waals surface area contributed by atoms with E-state index in [1.807, 2.05) is 0 Å². The van der Waals surface area contributed by atoms with E-state index in [2.05, 4.69) is 17.6 Å². The van der Waals surface area contributed by atoms with Crippen LogP contribution in [0.5, 0.6) is 0 Å². The molecule has 0 amide bonds. The van der Waals surface area contributed by atoms with Gasteiger partial charge in [0.1, 0.15) is 0 Å². The predicted octanol–water partition coefficient (Wildman–Crippen LogP) is 0.738. The average molecular weight is 142 g/mol. The van der Waals surface area contributed by atoms with E-state index in [1.54, 1.807) is 0 Å². The van der Waals surface area contributed by atoms with Gasteiger partial charge in [-0.1, -0.05) is 19.8 Å². The zero-order chi connectivity index (χ0) is 7.23. The SMILES string of the molecule is CCCCCNC1CNC1. The Morgan fingerprint density at radius 2 is 2.20 bits per heavy atom. The van der Waals surface area contributed by atoms with Crippen LogP contribution in [0.4, 0.5) is 0 Å². The molecule has 2 nitrogen and oxygen atoms in total. The van der Waals surface area contributed by atoms with Crippen molar-refractivity contribution in [3.8, 4) is 0 Å². The summed E-state index contributed by atoms with van der Waals surface area (Å²) in [6.07, 6.45) is 4.03. The van der Waals surface area contributed by atoms with Crippen molar-refractivity contribution >= 4 is 0 Å². The van der Waals surface area contributed by atoms with E-state index in [1.165, 1.54) is 38.9 Å². The lowest BCUT2D eigenvalue weighted by atomic mass is 10.1. The van der Waals surface area contributed by atoms with Gasteiger partial charge in [-0.25, -0.2) is 0 Å². The Bertz CT molecular complexity index is 79.3. The predicted molar refractivity (Wildman–Crippen MR) is 44.2 cm³/mol. The van der Waals surface area contributed by atoms with Gasteiger partial charge < -0.3 is 10.6 Å². The molecule has 2 N–H and O–H groups in total. The molecule has 0 aromatic rings. The van der Waals surface area contributed by atoms with E-state index >= 15 is 0 Å². The quantitative estimate of drug-likeness (QED) is 0.553. The fraction of sp³-hybridized carbons (Fsp3) is 1.00. The largest absolute Gasteiger partial charge is 0.314 e. The molecule has 0 bridgehead atoms. The van der Waals surface area contributed by atoms with Crippen molar-refractivity contribution in [3.63, 3.8) is 0 Å². The minimum Gasteiger partial charge on any atom is -0.314 e. The Hall–Kier alpha value is -0.0800. The normalized spacial score (nSPS) is 18.9. The average Bonchev–Trinajstić information content (AvgIpc) is 1.84. The van der Waals surface area contributed by atoms with Gasteiger partial charge in [-0.3, -0.25) is 0 Å². The fourth-order valence-corrected chi connectivity index (χ4v) is 1.11. The first-order valence-corrected chi connectivity index (χ1v) is 4.37. The summed E-state index contributed by atoms with van der Waals surface area (Å²) in [4.78, 5) is 0. The lowest BCUT2D eigenvalue weighted by Crippen LogP contribution is -2.55. The summed E-state index contributed by atoms with van der Waals surface area (Å²) >= 11 is 0. The van der Waals surface area contributed by atoms with Gasteiger partial charge in [0, 0.05) is 19.1 Å². The Labute approximate surface area is 63.4 Å². The summed E-state index contributed by atoms with van der Waals surface area (Å²) in [6, 6.07) is 0.775. The van der Waals surface area contributed by atoms with Crippen LogP contribution in [0.3, 0.4) is 0 Å². The zero-order valence-electron chi connectivity index (χ0n) is 6.82. The van der Waals surface area contributed by atoms with Gasteiger partial charge in [-0.15, -0.1) is 0 Å². The molecule has 1 saturated heterocycles. The number of hydrogen-bond donors (Lipinski definition) is 2. The molecule has 0 saturated carbocycles. The summed E-state index contributed by atoms with van der Waals surface area (Å²) in [6.45, 7) is 5.79. The Kier molecular flexibility index (Phi) is 3.76. The molecule has 10 heavy (non-hydrogen) atoms. The van der Waals surface area contributed by atoms with E-state index in [9.17, 15) is 0 Å². The molecule has 1 aliphatic heterocycles. The molecular weight excluding hydrogens is 124 g/mol. The van der Waals surface area contributed by atoms with E-state index in [0.29, 0.717) is 0 Å². The minimum absolute atomic E-state index is 0.775. The Morgan fingerprint density at radius 1 is 1.40 bits per heavy atom. The van der Waals surface area contributed by atoms with E-state index < -0.39 is 0 Å². The molecule has 0 aromatic carbocycles. The summed E-state index contributed by atoms with van der Waals surface area (Å²) in [5.41, 5.74) is 0. The van der Waals surface area contributed by atoms with Crippen molar-refractivity contribution in [2.45, 2.75) is 32.2 Å². The molecule has 1 rings (SSSR count). The first-order valence-electron chi connectivity index (χ1n) is 4.37. The van der Waals surface area contributed by atoms with Gasteiger partial charge in [0.2, 0.25) is 0 Å². The van der Waals surface area contributed by atoms with Crippen LogP contribution in [0.15, 0.2) is 0 Å². The van der Waals surface area contributed by atoms with Crippen LogP contribution in [0.1, 0.15) is 26.2 Å². The van der Waals surface area contributed by atoms with Gasteiger partial charge in [0.15, 0.2) is 0 Å². The maximum Gasteiger partial charge on any atom is 0.0317 e. The topological polar surface area (TPSA) is 24.1 Å². The van der Waals surface area contributed by atoms with Crippen LogP contribution >= 0.6 is 0 Å². The van der Waals surface area contributed by atoms with E-state index in [4.69, 9.17) is 0 Å². The third-order valence-corrected chi connectivity index (χ3v) is 1.99. The van der Waals surface area contributed by atoms with Crippen molar-refractivity contribution in [1.29, 1.82) is 0 Å². The standard InChI is InChI=1S/C8H18N2/c1-2-3-4-5-10-8-6-9-7-8/h8-10H,2-7H2,1H3. The Balaban J connectivity index is 1.76. The van der Waals surface area contributed by atoms with Gasteiger partial charge in [-0.2, -0.15) is 0 Å². The number of hydrogen-bond acceptors (Lipinski definition) is 2. The molecule has 1 aliphatic rings. The molecule has 0 aromatic heterocycles. The summed E-state index contributed by atoms with van der Waals surface area (Å²) < 4.78 is 0. The second-order valence-electron chi connectivity index (χ2n) is 3.02. The monoisotopic (exact) mass is 142 g/mol. The van der Waals surface area contributed by atoms with Crippen molar-refractivity contribution < 1.29 is 0 Å². The number of unbranched alkanes of at least 4 members (excludes halogenated alkanes) is 2. The molecule has 0 atom stereocenters. The minimum atomic E-state index is 0.775. The van der Waals surface area contributed by atoms with Crippen molar-refractivity contribution in [1.82, 2.24) is 10.6 Å². The molecule has 2 heteroatoms. The third-order valence-electron chi connectivity index (χ3n) is 1.99. The highest BCUT2D eigenvalue weighted by atomic mass is 15.1. The second kappa shape index (κ2) is 4.69. The first kappa shape index (κ1) is 8.02. The zero-order valence-corrected chi connectivity index (χ0v) is 6.82. The highest BCUT2D eigenvalue weighted by Gasteiger charge is 2.14. The summed E-state index contributed by atoms with van der Waals surface area (Å²) in [7, 11) is 0. The molecule has 0 radical (unpaired) electrons. The maximum absolute atomic E-state index is 3.49. The fourth-order valence-electron chi connectivity index (χ4n) is 1.11. The van der Waals surface area contributed by atoms with Gasteiger partial charge in [-0.05, 0) is 13.0 Å². The molecule has 0 aliphatic carbocycles. The molecule has 1 heterocycles. The summed E-state index contributed by atoms with van der Waals surface area (Å²) in [5, 5.41) is 6.73. The molecule has 60 valence electrons. The van der Waals surface area contributed by atoms with E-state index in [-0.39, 0.29) is 0 Å². The van der Waals surface area contributed by atoms with Crippen LogP contribution in [-0.2, 0) is 0 Å².